The lowest BCUT2D eigenvalue weighted by Crippen LogP contribution is -2.11. The molecule has 2 rings (SSSR count). The maximum Gasteiger partial charge on any atom is 0.0294 e. The van der Waals surface area contributed by atoms with Crippen molar-refractivity contribution in [2.75, 3.05) is 0 Å². The normalized spacial score (nSPS) is 17.8. The average molecular weight is 259 g/mol. The lowest BCUT2D eigenvalue weighted by Gasteiger charge is -2.15. The van der Waals surface area contributed by atoms with Gasteiger partial charge in [0, 0.05) is 6.04 Å². The van der Waals surface area contributed by atoms with E-state index in [1.54, 1.807) is 0 Å². The first-order valence-electron chi connectivity index (χ1n) is 8.14. The van der Waals surface area contributed by atoms with Crippen LogP contribution >= 0.6 is 0 Å². The number of unbranched alkanes of at least 4 members (excludes halogenated alkanes) is 1. The van der Waals surface area contributed by atoms with E-state index in [-0.39, 0.29) is 6.04 Å². The number of benzene rings is 1. The fourth-order valence-electron chi connectivity index (χ4n) is 3.19. The Balaban J connectivity index is 1.79. The largest absolute Gasteiger partial charge is 0.324 e. The van der Waals surface area contributed by atoms with Crippen molar-refractivity contribution in [3.05, 3.63) is 35.4 Å². The van der Waals surface area contributed by atoms with Crippen LogP contribution in [0.3, 0.4) is 0 Å². The Morgan fingerprint density at radius 1 is 1.16 bits per heavy atom. The van der Waals surface area contributed by atoms with E-state index in [2.05, 4.69) is 31.2 Å². The Kier molecular flexibility index (Phi) is 5.91. The van der Waals surface area contributed by atoms with Crippen LogP contribution in [0.4, 0.5) is 0 Å². The summed E-state index contributed by atoms with van der Waals surface area (Å²) in [6, 6.07) is 9.25. The first-order valence-corrected chi connectivity index (χ1v) is 8.14. The lowest BCUT2D eigenvalue weighted by atomic mass is 9.94. The zero-order valence-corrected chi connectivity index (χ0v) is 12.4. The van der Waals surface area contributed by atoms with Gasteiger partial charge in [0.1, 0.15) is 0 Å². The summed E-state index contributed by atoms with van der Waals surface area (Å²) < 4.78 is 0. The van der Waals surface area contributed by atoms with Gasteiger partial charge < -0.3 is 5.73 Å². The summed E-state index contributed by atoms with van der Waals surface area (Å²) >= 11 is 0. The molecule has 0 aromatic heterocycles. The third-order valence-electron chi connectivity index (χ3n) is 4.59. The Labute approximate surface area is 118 Å². The van der Waals surface area contributed by atoms with Gasteiger partial charge in [-0.2, -0.15) is 0 Å². The van der Waals surface area contributed by atoms with Crippen LogP contribution in [-0.4, -0.2) is 0 Å². The van der Waals surface area contributed by atoms with Crippen molar-refractivity contribution in [2.24, 2.45) is 11.7 Å². The monoisotopic (exact) mass is 259 g/mol. The van der Waals surface area contributed by atoms with Gasteiger partial charge in [-0.1, -0.05) is 63.3 Å². The summed E-state index contributed by atoms with van der Waals surface area (Å²) in [4.78, 5) is 0. The van der Waals surface area contributed by atoms with Gasteiger partial charge in [-0.15, -0.1) is 0 Å². The first kappa shape index (κ1) is 14.6. The molecule has 1 nitrogen and oxygen atoms in total. The minimum atomic E-state index is 0.237. The number of aryl methyl sites for hydroxylation is 1. The predicted molar refractivity (Wildman–Crippen MR) is 83.2 cm³/mol. The summed E-state index contributed by atoms with van der Waals surface area (Å²) in [6.45, 7) is 2.24. The minimum absolute atomic E-state index is 0.237. The second-order valence-corrected chi connectivity index (χ2v) is 6.18. The van der Waals surface area contributed by atoms with Gasteiger partial charge in [0.2, 0.25) is 0 Å². The van der Waals surface area contributed by atoms with Gasteiger partial charge in [0.05, 0.1) is 0 Å². The van der Waals surface area contributed by atoms with Crippen LogP contribution in [0.1, 0.15) is 75.5 Å². The molecule has 1 heteroatoms. The number of rotatable bonds is 7. The van der Waals surface area contributed by atoms with E-state index in [9.17, 15) is 0 Å². The van der Waals surface area contributed by atoms with Gasteiger partial charge >= 0.3 is 0 Å². The quantitative estimate of drug-likeness (QED) is 0.732. The van der Waals surface area contributed by atoms with Gasteiger partial charge in [0.25, 0.3) is 0 Å². The Bertz CT molecular complexity index is 348. The van der Waals surface area contributed by atoms with Gasteiger partial charge in [-0.05, 0) is 42.7 Å². The molecule has 1 unspecified atom stereocenters. The van der Waals surface area contributed by atoms with E-state index in [1.165, 1.54) is 62.5 Å². The van der Waals surface area contributed by atoms with E-state index in [0.717, 1.165) is 12.3 Å². The Hall–Kier alpha value is -0.820. The molecule has 19 heavy (non-hydrogen) atoms. The predicted octanol–water partition coefficient (Wildman–Crippen LogP) is 5.00. The zero-order valence-electron chi connectivity index (χ0n) is 12.4. The van der Waals surface area contributed by atoms with Crippen molar-refractivity contribution >= 4 is 0 Å². The molecule has 0 saturated heterocycles. The molecule has 1 aromatic rings. The van der Waals surface area contributed by atoms with Crippen molar-refractivity contribution in [2.45, 2.75) is 70.8 Å². The molecule has 1 saturated carbocycles. The molecule has 2 N–H and O–H groups in total. The topological polar surface area (TPSA) is 26.0 Å². The third kappa shape index (κ3) is 4.65. The van der Waals surface area contributed by atoms with Crippen molar-refractivity contribution in [1.29, 1.82) is 0 Å². The fourth-order valence-corrected chi connectivity index (χ4v) is 3.19. The minimum Gasteiger partial charge on any atom is -0.324 e. The molecule has 0 radical (unpaired) electrons. The van der Waals surface area contributed by atoms with Crippen LogP contribution in [0, 0.1) is 5.92 Å². The SMILES string of the molecule is CCCCc1ccc(C(N)CCC2CCCC2)cc1. The standard InChI is InChI=1S/C18H29N/c1-2-3-6-16-9-12-17(13-10-16)18(19)14-11-15-7-4-5-8-15/h9-10,12-13,15,18H,2-8,11,14,19H2,1H3. The second kappa shape index (κ2) is 7.69. The van der Waals surface area contributed by atoms with Crippen LogP contribution in [0.25, 0.3) is 0 Å². The summed E-state index contributed by atoms with van der Waals surface area (Å²) in [7, 11) is 0. The molecule has 1 aliphatic carbocycles. The maximum atomic E-state index is 6.32. The third-order valence-corrected chi connectivity index (χ3v) is 4.59. The average Bonchev–Trinajstić information content (AvgIpc) is 2.96. The molecule has 106 valence electrons. The first-order chi connectivity index (χ1) is 9.29. The van der Waals surface area contributed by atoms with Crippen LogP contribution in [0.15, 0.2) is 24.3 Å². The highest BCUT2D eigenvalue weighted by atomic mass is 14.6. The zero-order chi connectivity index (χ0) is 13.5. The number of nitrogens with two attached hydrogens (primary N) is 1. The van der Waals surface area contributed by atoms with Crippen LogP contribution in [0.5, 0.6) is 0 Å². The fraction of sp³-hybridized carbons (Fsp3) is 0.667. The second-order valence-electron chi connectivity index (χ2n) is 6.18. The summed E-state index contributed by atoms with van der Waals surface area (Å²) in [5.74, 6) is 0.954. The number of hydrogen-bond donors (Lipinski definition) is 1. The van der Waals surface area contributed by atoms with Gasteiger partial charge in [-0.3, -0.25) is 0 Å². The van der Waals surface area contributed by atoms with Crippen molar-refractivity contribution in [3.8, 4) is 0 Å². The highest BCUT2D eigenvalue weighted by molar-refractivity contribution is 5.24. The molecule has 1 fully saturated rings. The van der Waals surface area contributed by atoms with E-state index in [0.29, 0.717) is 0 Å². The molecule has 0 heterocycles. The van der Waals surface area contributed by atoms with Gasteiger partial charge in [0.15, 0.2) is 0 Å². The Morgan fingerprint density at radius 3 is 2.47 bits per heavy atom. The summed E-state index contributed by atoms with van der Waals surface area (Å²) in [5.41, 5.74) is 9.09. The van der Waals surface area contributed by atoms with Crippen molar-refractivity contribution < 1.29 is 0 Å². The van der Waals surface area contributed by atoms with Crippen molar-refractivity contribution in [1.82, 2.24) is 0 Å². The highest BCUT2D eigenvalue weighted by Gasteiger charge is 2.16. The molecule has 0 aliphatic heterocycles. The molecular formula is C18H29N. The molecular weight excluding hydrogens is 230 g/mol. The molecule has 0 bridgehead atoms. The van der Waals surface area contributed by atoms with E-state index in [1.807, 2.05) is 0 Å². The van der Waals surface area contributed by atoms with Crippen LogP contribution in [-0.2, 0) is 6.42 Å². The smallest absolute Gasteiger partial charge is 0.0294 e. The van der Waals surface area contributed by atoms with E-state index in [4.69, 9.17) is 5.73 Å². The molecule has 0 amide bonds. The van der Waals surface area contributed by atoms with Crippen LogP contribution < -0.4 is 5.73 Å². The molecule has 0 spiro atoms. The highest BCUT2D eigenvalue weighted by Crippen LogP contribution is 2.30. The molecule has 1 atom stereocenters. The van der Waals surface area contributed by atoms with Gasteiger partial charge in [-0.25, -0.2) is 0 Å². The van der Waals surface area contributed by atoms with E-state index < -0.39 is 0 Å². The maximum absolute atomic E-state index is 6.32. The number of hydrogen-bond acceptors (Lipinski definition) is 1. The van der Waals surface area contributed by atoms with E-state index >= 15 is 0 Å². The molecule has 1 aliphatic rings. The lowest BCUT2D eigenvalue weighted by molar-refractivity contribution is 0.454. The summed E-state index contributed by atoms with van der Waals surface area (Å²) in [6.07, 6.45) is 12.0. The Morgan fingerprint density at radius 2 is 1.84 bits per heavy atom. The van der Waals surface area contributed by atoms with Crippen LogP contribution in [0.2, 0.25) is 0 Å². The van der Waals surface area contributed by atoms with Crippen molar-refractivity contribution in [3.63, 3.8) is 0 Å². The summed E-state index contributed by atoms with van der Waals surface area (Å²) in [5, 5.41) is 0. The molecule has 1 aromatic carbocycles.